The van der Waals surface area contributed by atoms with E-state index in [9.17, 15) is 4.79 Å². The first-order valence-corrected chi connectivity index (χ1v) is 13.6. The molecule has 1 unspecified atom stereocenters. The minimum Gasteiger partial charge on any atom is -0.354 e. The van der Waals surface area contributed by atoms with Crippen LogP contribution >= 0.6 is 0 Å². The van der Waals surface area contributed by atoms with Crippen LogP contribution in [-0.2, 0) is 17.6 Å². The molecule has 3 N–H and O–H groups in total. The molecule has 8 nitrogen and oxygen atoms in total. The number of carbonyl (C=O) groups is 1. The van der Waals surface area contributed by atoms with Crippen molar-refractivity contribution >= 4 is 23.8 Å². The molecule has 0 radical (unpaired) electrons. The highest BCUT2D eigenvalue weighted by Crippen LogP contribution is 2.25. The van der Waals surface area contributed by atoms with Crippen molar-refractivity contribution < 1.29 is 4.79 Å². The average molecular weight is 500 g/mol. The Morgan fingerprint density at radius 2 is 1.54 bits per heavy atom. The molecule has 8 heteroatoms. The number of amides is 1. The average Bonchev–Trinajstić information content (AvgIpc) is 3.14. The number of benzene rings is 2. The maximum absolute atomic E-state index is 12.5. The molecule has 3 heterocycles. The van der Waals surface area contributed by atoms with Crippen LogP contribution in [0, 0.1) is 5.92 Å². The van der Waals surface area contributed by atoms with Gasteiger partial charge in [-0.1, -0.05) is 60.7 Å². The van der Waals surface area contributed by atoms with Gasteiger partial charge in [0.05, 0.1) is 0 Å². The molecule has 0 saturated carbocycles. The number of rotatable bonds is 9. The largest absolute Gasteiger partial charge is 0.354 e. The fourth-order valence-corrected chi connectivity index (χ4v) is 5.13. The van der Waals surface area contributed by atoms with Crippen molar-refractivity contribution in [2.24, 2.45) is 5.92 Å². The third-order valence-corrected chi connectivity index (χ3v) is 7.27. The molecule has 3 aromatic rings. The van der Waals surface area contributed by atoms with E-state index >= 15 is 0 Å². The Morgan fingerprint density at radius 3 is 2.30 bits per heavy atom. The molecule has 2 aliphatic rings. The standard InChI is InChI=1S/C29H37N7O/c37-26-25(13-7-8-17-30-26)32-28-33-27(31-18-14-22-9-3-1-4-10-22)34-29(35-28)36-19-15-24(16-20-36)21-23-11-5-2-6-12-23/h1-6,9-12,24-25H,7-8,13-21H2,(H,30,37)(H2,31,32,33,34,35). The first kappa shape index (κ1) is 25.0. The molecule has 2 fully saturated rings. The molecule has 2 saturated heterocycles. The predicted octanol–water partition coefficient (Wildman–Crippen LogP) is 4.07. The summed E-state index contributed by atoms with van der Waals surface area (Å²) in [6, 6.07) is 20.8. The molecule has 37 heavy (non-hydrogen) atoms. The van der Waals surface area contributed by atoms with Gasteiger partial charge >= 0.3 is 0 Å². The SMILES string of the molecule is O=C1NCCCCC1Nc1nc(NCCc2ccccc2)nc(N2CCC(Cc3ccccc3)CC2)n1. The van der Waals surface area contributed by atoms with Gasteiger partial charge in [-0.05, 0) is 62.0 Å². The number of nitrogens with one attached hydrogen (secondary N) is 3. The number of nitrogens with zero attached hydrogens (tertiary/aromatic N) is 4. The highest BCUT2D eigenvalue weighted by atomic mass is 16.2. The van der Waals surface area contributed by atoms with Gasteiger partial charge in [-0.2, -0.15) is 15.0 Å². The van der Waals surface area contributed by atoms with Gasteiger partial charge in [0.15, 0.2) is 0 Å². The van der Waals surface area contributed by atoms with Crippen LogP contribution < -0.4 is 20.9 Å². The zero-order chi connectivity index (χ0) is 25.3. The summed E-state index contributed by atoms with van der Waals surface area (Å²) in [5, 5.41) is 9.67. The quantitative estimate of drug-likeness (QED) is 0.409. The molecule has 0 aliphatic carbocycles. The van der Waals surface area contributed by atoms with Gasteiger partial charge in [0.25, 0.3) is 0 Å². The highest BCUT2D eigenvalue weighted by molar-refractivity contribution is 5.84. The lowest BCUT2D eigenvalue weighted by Crippen LogP contribution is -2.39. The van der Waals surface area contributed by atoms with Gasteiger partial charge in [-0.15, -0.1) is 0 Å². The minimum atomic E-state index is -0.327. The fraction of sp³-hybridized carbons (Fsp3) is 0.448. The number of hydrogen-bond donors (Lipinski definition) is 3. The summed E-state index contributed by atoms with van der Waals surface area (Å²) in [7, 11) is 0. The Morgan fingerprint density at radius 1 is 0.838 bits per heavy atom. The van der Waals surface area contributed by atoms with E-state index in [1.54, 1.807) is 0 Å². The van der Waals surface area contributed by atoms with Gasteiger partial charge < -0.3 is 20.9 Å². The van der Waals surface area contributed by atoms with E-state index in [2.05, 4.69) is 80.4 Å². The van der Waals surface area contributed by atoms with Crippen LogP contribution in [-0.4, -0.2) is 53.1 Å². The predicted molar refractivity (Wildman–Crippen MR) is 148 cm³/mol. The van der Waals surface area contributed by atoms with Crippen LogP contribution in [0.3, 0.4) is 0 Å². The molecule has 2 aromatic carbocycles. The number of anilines is 3. The van der Waals surface area contributed by atoms with E-state index in [0.717, 1.165) is 71.1 Å². The molecule has 194 valence electrons. The highest BCUT2D eigenvalue weighted by Gasteiger charge is 2.25. The first-order chi connectivity index (χ1) is 18.2. The number of piperidine rings is 1. The van der Waals surface area contributed by atoms with E-state index in [-0.39, 0.29) is 11.9 Å². The van der Waals surface area contributed by atoms with Crippen molar-refractivity contribution in [1.82, 2.24) is 20.3 Å². The topological polar surface area (TPSA) is 95.1 Å². The molecule has 2 aliphatic heterocycles. The smallest absolute Gasteiger partial charge is 0.242 e. The Kier molecular flexibility index (Phi) is 8.46. The van der Waals surface area contributed by atoms with Crippen molar-refractivity contribution in [2.45, 2.75) is 51.0 Å². The lowest BCUT2D eigenvalue weighted by Gasteiger charge is -2.32. The monoisotopic (exact) mass is 499 g/mol. The van der Waals surface area contributed by atoms with E-state index in [1.165, 1.54) is 11.1 Å². The summed E-state index contributed by atoms with van der Waals surface area (Å²) in [5.41, 5.74) is 2.66. The summed E-state index contributed by atoms with van der Waals surface area (Å²) in [6.07, 6.45) is 6.95. The summed E-state index contributed by atoms with van der Waals surface area (Å²) in [4.78, 5) is 29.0. The third-order valence-electron chi connectivity index (χ3n) is 7.27. The molecule has 0 bridgehead atoms. The number of aromatic nitrogens is 3. The molecular weight excluding hydrogens is 462 g/mol. The summed E-state index contributed by atoms with van der Waals surface area (Å²) in [5.74, 6) is 2.35. The van der Waals surface area contributed by atoms with Gasteiger partial charge in [-0.25, -0.2) is 0 Å². The minimum absolute atomic E-state index is 0.0137. The Bertz CT molecular complexity index is 1130. The molecule has 0 spiro atoms. The Labute approximate surface area is 219 Å². The lowest BCUT2D eigenvalue weighted by atomic mass is 9.90. The summed E-state index contributed by atoms with van der Waals surface area (Å²) in [6.45, 7) is 3.27. The molecular formula is C29H37N7O. The van der Waals surface area contributed by atoms with E-state index in [1.807, 2.05) is 6.07 Å². The second kappa shape index (κ2) is 12.5. The van der Waals surface area contributed by atoms with Gasteiger partial charge in [0.1, 0.15) is 6.04 Å². The Hall–Kier alpha value is -3.68. The lowest BCUT2D eigenvalue weighted by molar-refractivity contribution is -0.121. The number of carbonyl (C=O) groups excluding carboxylic acids is 1. The molecule has 1 atom stereocenters. The number of hydrogen-bond acceptors (Lipinski definition) is 7. The normalized spacial score (nSPS) is 18.6. The zero-order valence-electron chi connectivity index (χ0n) is 21.4. The third kappa shape index (κ3) is 7.18. The van der Waals surface area contributed by atoms with Crippen molar-refractivity contribution in [3.63, 3.8) is 0 Å². The second-order valence-electron chi connectivity index (χ2n) is 10.0. The van der Waals surface area contributed by atoms with Crippen molar-refractivity contribution in [2.75, 3.05) is 41.7 Å². The van der Waals surface area contributed by atoms with Crippen LogP contribution in [0.4, 0.5) is 17.8 Å². The fourth-order valence-electron chi connectivity index (χ4n) is 5.13. The van der Waals surface area contributed by atoms with Crippen LogP contribution in [0.2, 0.25) is 0 Å². The van der Waals surface area contributed by atoms with Gasteiger partial charge in [0, 0.05) is 26.2 Å². The second-order valence-corrected chi connectivity index (χ2v) is 10.0. The summed E-state index contributed by atoms with van der Waals surface area (Å²) >= 11 is 0. The first-order valence-electron chi connectivity index (χ1n) is 13.6. The van der Waals surface area contributed by atoms with Crippen LogP contribution in [0.25, 0.3) is 0 Å². The maximum Gasteiger partial charge on any atom is 0.242 e. The van der Waals surface area contributed by atoms with E-state index < -0.39 is 0 Å². The van der Waals surface area contributed by atoms with Crippen LogP contribution in [0.5, 0.6) is 0 Å². The van der Waals surface area contributed by atoms with E-state index in [0.29, 0.717) is 23.8 Å². The maximum atomic E-state index is 12.5. The van der Waals surface area contributed by atoms with Crippen molar-refractivity contribution in [3.8, 4) is 0 Å². The zero-order valence-corrected chi connectivity index (χ0v) is 21.4. The van der Waals surface area contributed by atoms with Crippen LogP contribution in [0.1, 0.15) is 43.2 Å². The van der Waals surface area contributed by atoms with Crippen molar-refractivity contribution in [1.29, 1.82) is 0 Å². The van der Waals surface area contributed by atoms with Crippen LogP contribution in [0.15, 0.2) is 60.7 Å². The Balaban J connectivity index is 1.27. The molecule has 5 rings (SSSR count). The van der Waals surface area contributed by atoms with E-state index in [4.69, 9.17) is 9.97 Å². The van der Waals surface area contributed by atoms with Gasteiger partial charge in [0.2, 0.25) is 23.8 Å². The van der Waals surface area contributed by atoms with Gasteiger partial charge in [-0.3, -0.25) is 4.79 Å². The summed E-state index contributed by atoms with van der Waals surface area (Å²) < 4.78 is 0. The van der Waals surface area contributed by atoms with Crippen molar-refractivity contribution in [3.05, 3.63) is 71.8 Å². The molecule has 1 aromatic heterocycles. The molecule has 1 amide bonds.